The molecule has 0 radical (unpaired) electrons. The van der Waals surface area contributed by atoms with Gasteiger partial charge in [-0.2, -0.15) is 0 Å². The Labute approximate surface area is 121 Å². The molecule has 1 unspecified atom stereocenters. The molecule has 1 aromatic carbocycles. The second-order valence-corrected chi connectivity index (χ2v) is 4.94. The first kappa shape index (κ1) is 16.5. The van der Waals surface area contributed by atoms with Gasteiger partial charge in [-0.3, -0.25) is 4.79 Å². The summed E-state index contributed by atoms with van der Waals surface area (Å²) >= 11 is 0. The minimum Gasteiger partial charge on any atom is -0.496 e. The van der Waals surface area contributed by atoms with Crippen LogP contribution in [0.25, 0.3) is 0 Å². The lowest BCUT2D eigenvalue weighted by Crippen LogP contribution is -2.42. The monoisotopic (exact) mass is 279 g/mol. The van der Waals surface area contributed by atoms with Gasteiger partial charge in [-0.1, -0.05) is 25.1 Å². The zero-order valence-electron chi connectivity index (χ0n) is 12.9. The summed E-state index contributed by atoms with van der Waals surface area (Å²) in [6.45, 7) is 7.15. The molecule has 0 saturated carbocycles. The highest BCUT2D eigenvalue weighted by atomic mass is 16.5. The fraction of sp³-hybridized carbons (Fsp3) is 0.562. The highest BCUT2D eigenvalue weighted by Gasteiger charge is 2.32. The Morgan fingerprint density at radius 1 is 1.30 bits per heavy atom. The number of benzene rings is 1. The van der Waals surface area contributed by atoms with E-state index < -0.39 is 5.54 Å². The predicted molar refractivity (Wildman–Crippen MR) is 79.9 cm³/mol. The maximum atomic E-state index is 11.9. The highest BCUT2D eigenvalue weighted by Crippen LogP contribution is 2.32. The van der Waals surface area contributed by atoms with Crippen LogP contribution in [0.4, 0.5) is 0 Å². The zero-order chi connectivity index (χ0) is 15.0. The molecule has 20 heavy (non-hydrogen) atoms. The minimum atomic E-state index is -0.491. The van der Waals surface area contributed by atoms with Crippen LogP contribution in [-0.4, -0.2) is 26.2 Å². The van der Waals surface area contributed by atoms with Crippen LogP contribution >= 0.6 is 0 Å². The highest BCUT2D eigenvalue weighted by molar-refractivity contribution is 5.71. The van der Waals surface area contributed by atoms with Crippen molar-refractivity contribution < 1.29 is 14.3 Å². The van der Waals surface area contributed by atoms with Gasteiger partial charge in [0.1, 0.15) is 5.75 Å². The van der Waals surface area contributed by atoms with E-state index in [1.165, 1.54) is 0 Å². The largest absolute Gasteiger partial charge is 0.496 e. The summed E-state index contributed by atoms with van der Waals surface area (Å²) in [6.07, 6.45) is 1.27. The second-order valence-electron chi connectivity index (χ2n) is 4.94. The topological polar surface area (TPSA) is 47.6 Å². The number of para-hydroxylation sites is 1. The number of carbonyl (C=O) groups excluding carboxylic acids is 1. The van der Waals surface area contributed by atoms with Crippen LogP contribution in [0, 0.1) is 0 Å². The van der Waals surface area contributed by atoms with Crippen LogP contribution in [0.1, 0.15) is 39.2 Å². The van der Waals surface area contributed by atoms with E-state index in [1.54, 1.807) is 7.11 Å². The summed E-state index contributed by atoms with van der Waals surface area (Å²) in [5, 5.41) is 3.45. The van der Waals surface area contributed by atoms with Gasteiger partial charge in [-0.25, -0.2) is 0 Å². The standard InChI is InChI=1S/C16H25NO3/c1-5-11-17-16(3,12-15(18)20-6-2)13-9-7-8-10-14(13)19-4/h7-10,17H,5-6,11-12H2,1-4H3. The van der Waals surface area contributed by atoms with Crippen molar-refractivity contribution in [3.05, 3.63) is 29.8 Å². The number of methoxy groups -OCH3 is 1. The van der Waals surface area contributed by atoms with Crippen molar-refractivity contribution in [1.29, 1.82) is 0 Å². The van der Waals surface area contributed by atoms with Gasteiger partial charge in [0.25, 0.3) is 0 Å². The number of rotatable bonds is 8. The first-order valence-corrected chi connectivity index (χ1v) is 7.11. The average molecular weight is 279 g/mol. The lowest BCUT2D eigenvalue weighted by Gasteiger charge is -2.32. The van der Waals surface area contributed by atoms with Crippen LogP contribution in [0.2, 0.25) is 0 Å². The first-order chi connectivity index (χ1) is 9.57. The quantitative estimate of drug-likeness (QED) is 0.743. The number of ether oxygens (including phenoxy) is 2. The van der Waals surface area contributed by atoms with E-state index in [4.69, 9.17) is 9.47 Å². The Morgan fingerprint density at radius 3 is 2.60 bits per heavy atom. The van der Waals surface area contributed by atoms with Gasteiger partial charge in [0.15, 0.2) is 0 Å². The van der Waals surface area contributed by atoms with Crippen LogP contribution in [0.5, 0.6) is 5.75 Å². The van der Waals surface area contributed by atoms with E-state index in [1.807, 2.05) is 38.1 Å². The van der Waals surface area contributed by atoms with E-state index in [0.717, 1.165) is 24.3 Å². The summed E-state index contributed by atoms with van der Waals surface area (Å²) in [5.74, 6) is 0.576. The lowest BCUT2D eigenvalue weighted by atomic mass is 9.87. The molecule has 0 aliphatic rings. The smallest absolute Gasteiger partial charge is 0.307 e. The fourth-order valence-corrected chi connectivity index (χ4v) is 2.26. The van der Waals surface area contributed by atoms with Gasteiger partial charge in [-0.15, -0.1) is 0 Å². The minimum absolute atomic E-state index is 0.204. The van der Waals surface area contributed by atoms with Gasteiger partial charge in [0.05, 0.1) is 25.7 Å². The first-order valence-electron chi connectivity index (χ1n) is 7.11. The number of hydrogen-bond acceptors (Lipinski definition) is 4. The molecule has 0 spiro atoms. The van der Waals surface area contributed by atoms with Crippen LogP contribution in [0.15, 0.2) is 24.3 Å². The van der Waals surface area contributed by atoms with E-state index in [-0.39, 0.29) is 12.4 Å². The van der Waals surface area contributed by atoms with Crippen molar-refractivity contribution in [2.45, 2.75) is 39.2 Å². The number of esters is 1. The van der Waals surface area contributed by atoms with Crippen molar-refractivity contribution in [3.8, 4) is 5.75 Å². The molecule has 0 heterocycles. The summed E-state index contributed by atoms with van der Waals surface area (Å²) in [6, 6.07) is 7.77. The number of nitrogens with one attached hydrogen (secondary N) is 1. The van der Waals surface area contributed by atoms with E-state index >= 15 is 0 Å². The molecule has 1 N–H and O–H groups in total. The Hall–Kier alpha value is -1.55. The fourth-order valence-electron chi connectivity index (χ4n) is 2.26. The Kier molecular flexibility index (Phi) is 6.52. The molecule has 4 nitrogen and oxygen atoms in total. The van der Waals surface area contributed by atoms with Gasteiger partial charge in [0, 0.05) is 5.56 Å². The Bertz CT molecular complexity index is 433. The van der Waals surface area contributed by atoms with Gasteiger partial charge >= 0.3 is 5.97 Å². The van der Waals surface area contributed by atoms with Crippen molar-refractivity contribution in [2.75, 3.05) is 20.3 Å². The van der Waals surface area contributed by atoms with Crippen LogP contribution in [0.3, 0.4) is 0 Å². The Morgan fingerprint density at radius 2 is 2.00 bits per heavy atom. The third-order valence-corrected chi connectivity index (χ3v) is 3.27. The molecule has 4 heteroatoms. The summed E-state index contributed by atoms with van der Waals surface area (Å²) in [7, 11) is 1.64. The van der Waals surface area contributed by atoms with Gasteiger partial charge in [0.2, 0.25) is 0 Å². The van der Waals surface area contributed by atoms with E-state index in [9.17, 15) is 4.79 Å². The van der Waals surface area contributed by atoms with Gasteiger partial charge < -0.3 is 14.8 Å². The van der Waals surface area contributed by atoms with E-state index in [0.29, 0.717) is 6.61 Å². The third kappa shape index (κ3) is 4.23. The van der Waals surface area contributed by atoms with Crippen LogP contribution < -0.4 is 10.1 Å². The molecule has 1 atom stereocenters. The molecule has 112 valence electrons. The third-order valence-electron chi connectivity index (χ3n) is 3.27. The van der Waals surface area contributed by atoms with Crippen molar-refractivity contribution in [3.63, 3.8) is 0 Å². The molecule has 0 saturated heterocycles. The van der Waals surface area contributed by atoms with Crippen molar-refractivity contribution in [2.24, 2.45) is 0 Å². The van der Waals surface area contributed by atoms with Gasteiger partial charge in [-0.05, 0) is 32.9 Å². The maximum Gasteiger partial charge on any atom is 0.307 e. The molecule has 1 aromatic rings. The average Bonchev–Trinajstić information content (AvgIpc) is 2.45. The molecular formula is C16H25NO3. The predicted octanol–water partition coefficient (Wildman–Crippen LogP) is 2.86. The SMILES string of the molecule is CCCNC(C)(CC(=O)OCC)c1ccccc1OC. The summed E-state index contributed by atoms with van der Waals surface area (Å²) in [5.41, 5.74) is 0.485. The molecule has 0 aliphatic heterocycles. The number of hydrogen-bond donors (Lipinski definition) is 1. The molecular weight excluding hydrogens is 254 g/mol. The molecule has 0 bridgehead atoms. The number of carbonyl (C=O) groups is 1. The van der Waals surface area contributed by atoms with Crippen molar-refractivity contribution in [1.82, 2.24) is 5.32 Å². The Balaban J connectivity index is 3.05. The summed E-state index contributed by atoms with van der Waals surface area (Å²) in [4.78, 5) is 11.9. The molecule has 1 rings (SSSR count). The molecule has 0 amide bonds. The normalized spacial score (nSPS) is 13.6. The van der Waals surface area contributed by atoms with Crippen LogP contribution in [-0.2, 0) is 15.1 Å². The lowest BCUT2D eigenvalue weighted by molar-refractivity contribution is -0.144. The molecule has 0 fully saturated rings. The zero-order valence-corrected chi connectivity index (χ0v) is 12.9. The maximum absolute atomic E-state index is 11.9. The molecule has 0 aliphatic carbocycles. The summed E-state index contributed by atoms with van der Waals surface area (Å²) < 4.78 is 10.5. The van der Waals surface area contributed by atoms with E-state index in [2.05, 4.69) is 12.2 Å². The molecule has 0 aromatic heterocycles. The second kappa shape index (κ2) is 7.90. The van der Waals surface area contributed by atoms with Crippen molar-refractivity contribution >= 4 is 5.97 Å².